The molecule has 49 heavy (non-hydrogen) atoms. The molecule has 21 heteroatoms. The average molecular weight is 681 g/mol. The summed E-state index contributed by atoms with van der Waals surface area (Å²) in [6.45, 7) is -1.21. The van der Waals surface area contributed by atoms with Crippen LogP contribution in [0.1, 0.15) is 22.8 Å². The monoisotopic (exact) mass is 680 g/mol. The van der Waals surface area contributed by atoms with Gasteiger partial charge in [0.2, 0.25) is 29.5 Å². The fourth-order valence-corrected chi connectivity index (χ4v) is 4.55. The van der Waals surface area contributed by atoms with E-state index in [1.165, 1.54) is 50.1 Å². The summed E-state index contributed by atoms with van der Waals surface area (Å²) < 4.78 is 0. The number of nitrogens with one attached hydrogen (secondary N) is 9. The Morgan fingerprint density at radius 1 is 0.571 bits per heavy atom. The van der Waals surface area contributed by atoms with Crippen LogP contribution in [0.15, 0.2) is 50.1 Å². The van der Waals surface area contributed by atoms with Crippen molar-refractivity contribution in [3.8, 4) is 0 Å². The van der Waals surface area contributed by atoms with E-state index in [1.54, 1.807) is 0 Å². The summed E-state index contributed by atoms with van der Waals surface area (Å²) in [5.41, 5.74) is 8.17. The second-order valence-corrected chi connectivity index (χ2v) is 10.8. The van der Waals surface area contributed by atoms with Crippen molar-refractivity contribution < 1.29 is 33.9 Å². The molecule has 0 fully saturated rings. The lowest BCUT2D eigenvalue weighted by atomic mass is 10.1. The number of aromatic amines is 4. The van der Waals surface area contributed by atoms with Crippen LogP contribution < -0.4 is 32.3 Å². The Hall–Kier alpha value is -6.38. The van der Waals surface area contributed by atoms with Crippen molar-refractivity contribution in [3.63, 3.8) is 0 Å². The molecule has 4 atom stereocenters. The Labute approximate surface area is 277 Å². The van der Waals surface area contributed by atoms with Crippen LogP contribution in [-0.2, 0) is 54.5 Å². The molecule has 260 valence electrons. The number of nitrogens with zero attached hydrogens (tertiary/aromatic N) is 4. The number of hydrogen-bond donors (Lipinski definition) is 11. The van der Waals surface area contributed by atoms with Crippen LogP contribution in [0.2, 0.25) is 0 Å². The van der Waals surface area contributed by atoms with Gasteiger partial charge >= 0.3 is 5.97 Å². The van der Waals surface area contributed by atoms with E-state index in [0.717, 1.165) is 0 Å². The molecular formula is C28H36N14O7. The lowest BCUT2D eigenvalue weighted by Crippen LogP contribution is -2.59. The first-order valence-electron chi connectivity index (χ1n) is 14.9. The van der Waals surface area contributed by atoms with E-state index in [0.29, 0.717) is 22.8 Å². The summed E-state index contributed by atoms with van der Waals surface area (Å²) in [5, 5.41) is 21.2. The van der Waals surface area contributed by atoms with Gasteiger partial charge in [-0.25, -0.2) is 19.9 Å². The summed E-state index contributed by atoms with van der Waals surface area (Å²) >= 11 is 0. The highest BCUT2D eigenvalue weighted by atomic mass is 16.4. The second-order valence-electron chi connectivity index (χ2n) is 10.8. The predicted octanol–water partition coefficient (Wildman–Crippen LogP) is -4.05. The highest BCUT2D eigenvalue weighted by Crippen LogP contribution is 2.06. The van der Waals surface area contributed by atoms with E-state index in [4.69, 9.17) is 10.8 Å². The fourth-order valence-electron chi connectivity index (χ4n) is 4.55. The van der Waals surface area contributed by atoms with Gasteiger partial charge < -0.3 is 57.4 Å². The summed E-state index contributed by atoms with van der Waals surface area (Å²) in [7, 11) is 0. The largest absolute Gasteiger partial charge is 0.480 e. The third-order valence-electron chi connectivity index (χ3n) is 7.03. The van der Waals surface area contributed by atoms with Crippen molar-refractivity contribution >= 4 is 35.5 Å². The predicted molar refractivity (Wildman–Crippen MR) is 167 cm³/mol. The number of carbonyl (C=O) groups is 6. The number of nitrogens with two attached hydrogens (primary N) is 1. The number of aliphatic carboxylic acids is 1. The number of carboxylic acids is 1. The Morgan fingerprint density at radius 3 is 1.35 bits per heavy atom. The van der Waals surface area contributed by atoms with E-state index >= 15 is 0 Å². The van der Waals surface area contributed by atoms with Gasteiger partial charge in [-0.15, -0.1) is 0 Å². The van der Waals surface area contributed by atoms with Crippen molar-refractivity contribution in [1.29, 1.82) is 0 Å². The van der Waals surface area contributed by atoms with Crippen molar-refractivity contribution in [3.05, 3.63) is 72.9 Å². The maximum Gasteiger partial charge on any atom is 0.322 e. The van der Waals surface area contributed by atoms with E-state index in [9.17, 15) is 28.8 Å². The van der Waals surface area contributed by atoms with Crippen molar-refractivity contribution in [2.45, 2.75) is 49.9 Å². The number of imidazole rings is 4. The standard InChI is InChI=1S/C28H36N14O7/c29-19(1-15-5-30-11-36-15)25(46)40-21(3-17-7-32-13-38-17)27(48)42-22(4-18-8-33-14-39-18)28(49)41-20(2-16-6-31-12-37-16)26(47)35-9-23(43)34-10-24(44)45/h5-8,11-14,19-22H,1-4,9-10,29H2,(H,30,36)(H,31,37)(H,32,38)(H,33,39)(H,34,43)(H,35,47)(H,40,46)(H,41,49)(H,42,48)(H,44,45)/t19-,20-,21-,22-/m0/s1. The minimum atomic E-state index is -1.29. The van der Waals surface area contributed by atoms with E-state index in [-0.39, 0.29) is 25.7 Å². The first kappa shape index (κ1) is 35.5. The number of carboxylic acid groups (broad SMARTS) is 1. The average Bonchev–Trinajstić information content (AvgIpc) is 3.91. The SMILES string of the molecule is N[C@@H](Cc1cnc[nH]1)C(=O)N[C@@H](Cc1cnc[nH]1)C(=O)N[C@@H](Cc1cnc[nH]1)C(=O)N[C@@H](Cc1cnc[nH]1)C(=O)NCC(=O)NCC(=O)O. The first-order valence-corrected chi connectivity index (χ1v) is 14.9. The van der Waals surface area contributed by atoms with Crippen LogP contribution >= 0.6 is 0 Å². The zero-order valence-electron chi connectivity index (χ0n) is 25.9. The molecule has 4 aromatic rings. The third-order valence-corrected chi connectivity index (χ3v) is 7.03. The van der Waals surface area contributed by atoms with Crippen LogP contribution in [0.3, 0.4) is 0 Å². The van der Waals surface area contributed by atoms with E-state index in [1.807, 2.05) is 0 Å². The molecule has 4 rings (SSSR count). The van der Waals surface area contributed by atoms with Crippen molar-refractivity contribution in [1.82, 2.24) is 66.5 Å². The highest BCUT2D eigenvalue weighted by Gasteiger charge is 2.32. The minimum Gasteiger partial charge on any atom is -0.480 e. The molecule has 0 aliphatic heterocycles. The van der Waals surface area contributed by atoms with Gasteiger partial charge in [-0.1, -0.05) is 0 Å². The van der Waals surface area contributed by atoms with Gasteiger partial charge in [0, 0.05) is 73.2 Å². The van der Waals surface area contributed by atoms with Crippen LogP contribution in [0.25, 0.3) is 0 Å². The highest BCUT2D eigenvalue weighted by molar-refractivity contribution is 5.96. The van der Waals surface area contributed by atoms with E-state index in [2.05, 4.69) is 66.5 Å². The van der Waals surface area contributed by atoms with Gasteiger partial charge in [-0.2, -0.15) is 0 Å². The topological polar surface area (TPSA) is 324 Å². The Balaban J connectivity index is 1.49. The molecule has 4 aromatic heterocycles. The normalized spacial score (nSPS) is 13.3. The molecular weight excluding hydrogens is 644 g/mol. The van der Waals surface area contributed by atoms with E-state index < -0.39 is 72.8 Å². The number of rotatable bonds is 19. The maximum absolute atomic E-state index is 13.8. The molecule has 0 bridgehead atoms. The smallest absolute Gasteiger partial charge is 0.322 e. The van der Waals surface area contributed by atoms with Gasteiger partial charge in [-0.05, 0) is 0 Å². The van der Waals surface area contributed by atoms with Crippen molar-refractivity contribution in [2.24, 2.45) is 5.73 Å². The van der Waals surface area contributed by atoms with Crippen molar-refractivity contribution in [2.75, 3.05) is 13.1 Å². The molecule has 0 saturated carbocycles. The van der Waals surface area contributed by atoms with Crippen LogP contribution in [0.4, 0.5) is 0 Å². The molecule has 0 spiro atoms. The molecule has 0 saturated heterocycles. The van der Waals surface area contributed by atoms with Gasteiger partial charge in [0.25, 0.3) is 0 Å². The molecule has 4 heterocycles. The third kappa shape index (κ3) is 11.4. The van der Waals surface area contributed by atoms with Gasteiger partial charge in [0.05, 0.1) is 37.9 Å². The number of H-pyrrole nitrogens is 4. The maximum atomic E-state index is 13.8. The molecule has 21 nitrogen and oxygen atoms in total. The lowest BCUT2D eigenvalue weighted by molar-refractivity contribution is -0.138. The quantitative estimate of drug-likeness (QED) is 0.0451. The summed E-state index contributed by atoms with van der Waals surface area (Å²) in [6, 6.07) is -4.79. The van der Waals surface area contributed by atoms with Crippen LogP contribution in [0.5, 0.6) is 0 Å². The van der Waals surface area contributed by atoms with Gasteiger partial charge in [0.1, 0.15) is 24.7 Å². The molecule has 12 N–H and O–H groups in total. The van der Waals surface area contributed by atoms with Gasteiger partial charge in [-0.3, -0.25) is 28.8 Å². The molecule has 0 aromatic carbocycles. The first-order chi connectivity index (χ1) is 23.6. The zero-order chi connectivity index (χ0) is 35.2. The Morgan fingerprint density at radius 2 is 0.959 bits per heavy atom. The Bertz CT molecular complexity index is 1660. The van der Waals surface area contributed by atoms with Gasteiger partial charge in [0.15, 0.2) is 0 Å². The molecule has 0 radical (unpaired) electrons. The van der Waals surface area contributed by atoms with Crippen LogP contribution in [0, 0.1) is 0 Å². The number of carbonyl (C=O) groups excluding carboxylic acids is 5. The summed E-state index contributed by atoms with van der Waals surface area (Å²) in [5.74, 6) is -4.94. The molecule has 5 amide bonds. The lowest BCUT2D eigenvalue weighted by Gasteiger charge is -2.25. The Kier molecular flexibility index (Phi) is 12.7. The molecule has 0 unspecified atom stereocenters. The number of aromatic nitrogens is 8. The number of amides is 5. The molecule has 0 aliphatic rings. The summed E-state index contributed by atoms with van der Waals surface area (Å²) in [4.78, 5) is 104. The minimum absolute atomic E-state index is 0.0262. The molecule has 0 aliphatic carbocycles. The van der Waals surface area contributed by atoms with Crippen LogP contribution in [-0.4, -0.2) is 118 Å². The summed E-state index contributed by atoms with van der Waals surface area (Å²) in [6.07, 6.45) is 11.4. The number of hydrogen-bond acceptors (Lipinski definition) is 11. The fraction of sp³-hybridized carbons (Fsp3) is 0.357. The zero-order valence-corrected chi connectivity index (χ0v) is 25.9. The second kappa shape index (κ2) is 17.5.